The molecule has 0 amide bonds. The van der Waals surface area contributed by atoms with E-state index in [1.165, 1.54) is 0 Å². The Balaban J connectivity index is 3.93. The molecule has 0 radical (unpaired) electrons. The molecule has 12 heavy (non-hydrogen) atoms. The maximum atomic E-state index is 10.6. The van der Waals surface area contributed by atoms with Gasteiger partial charge < -0.3 is 14.6 Å². The van der Waals surface area contributed by atoms with E-state index >= 15 is 0 Å². The molecule has 1 atom stereocenters. The van der Waals surface area contributed by atoms with Crippen LogP contribution in [0.2, 0.25) is 0 Å². The summed E-state index contributed by atoms with van der Waals surface area (Å²) in [6.07, 6.45) is -0.497. The predicted molar refractivity (Wildman–Crippen MR) is 38.3 cm³/mol. The first-order chi connectivity index (χ1) is 5.61. The third-order valence-corrected chi connectivity index (χ3v) is 1.12. The summed E-state index contributed by atoms with van der Waals surface area (Å²) in [5, 5.41) is 8.54. The van der Waals surface area contributed by atoms with Crippen molar-refractivity contribution in [2.75, 3.05) is 6.61 Å². The highest BCUT2D eigenvalue weighted by molar-refractivity contribution is 6.32. The fourth-order valence-corrected chi connectivity index (χ4v) is 0.502. The van der Waals surface area contributed by atoms with Crippen LogP contribution >= 0.6 is 0 Å². The molecular formula is C7H10O5. The third kappa shape index (κ3) is 3.82. The van der Waals surface area contributed by atoms with Crippen molar-refractivity contribution in [3.05, 3.63) is 0 Å². The summed E-state index contributed by atoms with van der Waals surface area (Å²) in [6, 6.07) is 0. The monoisotopic (exact) mass is 174 g/mol. The first kappa shape index (κ1) is 10.8. The van der Waals surface area contributed by atoms with E-state index in [-0.39, 0.29) is 6.42 Å². The second-order valence-corrected chi connectivity index (χ2v) is 2.17. The first-order valence-electron chi connectivity index (χ1n) is 3.37. The molecule has 0 fully saturated rings. The average molecular weight is 174 g/mol. The van der Waals surface area contributed by atoms with Crippen LogP contribution in [-0.2, 0) is 19.1 Å². The average Bonchev–Trinajstić information content (AvgIpc) is 2.03. The molecule has 68 valence electrons. The SMILES string of the molecule is CC(=O)C(=O)OC(CO)CC=O. The second kappa shape index (κ2) is 5.42. The number of aliphatic hydroxyl groups is 1. The second-order valence-electron chi connectivity index (χ2n) is 2.17. The summed E-state index contributed by atoms with van der Waals surface area (Å²) in [7, 11) is 0. The van der Waals surface area contributed by atoms with E-state index in [1.54, 1.807) is 0 Å². The van der Waals surface area contributed by atoms with Crippen LogP contribution in [0.4, 0.5) is 0 Å². The minimum atomic E-state index is -1.03. The van der Waals surface area contributed by atoms with Crippen LogP contribution in [0.25, 0.3) is 0 Å². The van der Waals surface area contributed by atoms with Crippen LogP contribution in [0.1, 0.15) is 13.3 Å². The summed E-state index contributed by atoms with van der Waals surface area (Å²) < 4.78 is 4.43. The number of rotatable bonds is 5. The van der Waals surface area contributed by atoms with E-state index in [4.69, 9.17) is 5.11 Å². The number of aldehydes is 1. The number of esters is 1. The molecule has 0 spiro atoms. The third-order valence-electron chi connectivity index (χ3n) is 1.12. The Morgan fingerprint density at radius 3 is 2.50 bits per heavy atom. The van der Waals surface area contributed by atoms with Crippen molar-refractivity contribution in [1.29, 1.82) is 0 Å². The van der Waals surface area contributed by atoms with Gasteiger partial charge in [0.1, 0.15) is 12.4 Å². The van der Waals surface area contributed by atoms with Gasteiger partial charge in [-0.15, -0.1) is 0 Å². The number of aliphatic hydroxyl groups excluding tert-OH is 1. The van der Waals surface area contributed by atoms with Gasteiger partial charge in [-0.1, -0.05) is 0 Å². The number of hydrogen-bond acceptors (Lipinski definition) is 5. The Hall–Kier alpha value is -1.23. The molecule has 1 N–H and O–H groups in total. The van der Waals surface area contributed by atoms with Crippen molar-refractivity contribution in [2.24, 2.45) is 0 Å². The standard InChI is InChI=1S/C7H10O5/c1-5(10)7(11)12-6(4-9)2-3-8/h3,6,9H,2,4H2,1H3. The first-order valence-corrected chi connectivity index (χ1v) is 3.37. The molecule has 5 heteroatoms. The van der Waals surface area contributed by atoms with E-state index in [0.29, 0.717) is 6.29 Å². The van der Waals surface area contributed by atoms with Gasteiger partial charge in [-0.2, -0.15) is 0 Å². The van der Waals surface area contributed by atoms with E-state index < -0.39 is 24.5 Å². The highest BCUT2D eigenvalue weighted by atomic mass is 16.6. The molecule has 0 saturated heterocycles. The van der Waals surface area contributed by atoms with E-state index in [0.717, 1.165) is 6.92 Å². The summed E-state index contributed by atoms with van der Waals surface area (Å²) >= 11 is 0. The van der Waals surface area contributed by atoms with Crippen LogP contribution in [-0.4, -0.2) is 35.9 Å². The smallest absolute Gasteiger partial charge is 0.374 e. The molecular weight excluding hydrogens is 164 g/mol. The molecule has 0 aliphatic carbocycles. The van der Waals surface area contributed by atoms with E-state index in [9.17, 15) is 14.4 Å². The fraction of sp³-hybridized carbons (Fsp3) is 0.571. The molecule has 0 saturated carbocycles. The highest BCUT2D eigenvalue weighted by Gasteiger charge is 2.15. The molecule has 0 rings (SSSR count). The van der Waals surface area contributed by atoms with E-state index in [1.807, 2.05) is 0 Å². The quantitative estimate of drug-likeness (QED) is 0.331. The molecule has 0 aliphatic rings. The lowest BCUT2D eigenvalue weighted by molar-refractivity contribution is -0.159. The van der Waals surface area contributed by atoms with E-state index in [2.05, 4.69) is 4.74 Å². The molecule has 5 nitrogen and oxygen atoms in total. The van der Waals surface area contributed by atoms with Crippen LogP contribution in [0.5, 0.6) is 0 Å². The molecule has 1 unspecified atom stereocenters. The number of carbonyl (C=O) groups is 3. The minimum absolute atomic E-state index is 0.102. The number of ketones is 1. The van der Waals surface area contributed by atoms with Crippen molar-refractivity contribution < 1.29 is 24.2 Å². The number of Topliss-reactive ketones (excluding diaryl/α,β-unsaturated/α-hetero) is 1. The van der Waals surface area contributed by atoms with Gasteiger partial charge in [0.05, 0.1) is 6.61 Å². The Morgan fingerprint density at radius 1 is 1.58 bits per heavy atom. The highest BCUT2D eigenvalue weighted by Crippen LogP contribution is 1.96. The van der Waals surface area contributed by atoms with Crippen LogP contribution in [0, 0.1) is 0 Å². The Bertz CT molecular complexity index is 186. The molecule has 0 bridgehead atoms. The van der Waals surface area contributed by atoms with Gasteiger partial charge >= 0.3 is 5.97 Å². The van der Waals surface area contributed by atoms with Crippen molar-refractivity contribution in [3.8, 4) is 0 Å². The maximum absolute atomic E-state index is 10.6. The normalized spacial score (nSPS) is 11.8. The van der Waals surface area contributed by atoms with Gasteiger partial charge in [0, 0.05) is 13.3 Å². The van der Waals surface area contributed by atoms with Crippen LogP contribution < -0.4 is 0 Å². The maximum Gasteiger partial charge on any atom is 0.374 e. The zero-order valence-corrected chi connectivity index (χ0v) is 6.65. The van der Waals surface area contributed by atoms with Gasteiger partial charge in [-0.25, -0.2) is 4.79 Å². The molecule has 0 aromatic carbocycles. The van der Waals surface area contributed by atoms with Crippen molar-refractivity contribution >= 4 is 18.0 Å². The summed E-state index contributed by atoms with van der Waals surface area (Å²) in [6.45, 7) is 0.593. The van der Waals surface area contributed by atoms with Gasteiger partial charge in [-0.3, -0.25) is 4.79 Å². The summed E-state index contributed by atoms with van der Waals surface area (Å²) in [4.78, 5) is 30.9. The minimum Gasteiger partial charge on any atom is -0.454 e. The van der Waals surface area contributed by atoms with Gasteiger partial charge in [0.2, 0.25) is 5.78 Å². The van der Waals surface area contributed by atoms with Crippen molar-refractivity contribution in [1.82, 2.24) is 0 Å². The molecule has 0 heterocycles. The molecule has 0 aromatic rings. The van der Waals surface area contributed by atoms with Gasteiger partial charge in [-0.05, 0) is 0 Å². The lowest BCUT2D eigenvalue weighted by Crippen LogP contribution is -2.25. The zero-order chi connectivity index (χ0) is 9.56. The molecule has 0 aliphatic heterocycles. The van der Waals surface area contributed by atoms with Gasteiger partial charge in [0.25, 0.3) is 0 Å². The number of ether oxygens (including phenoxy) is 1. The van der Waals surface area contributed by atoms with Crippen molar-refractivity contribution in [3.63, 3.8) is 0 Å². The zero-order valence-electron chi connectivity index (χ0n) is 6.65. The Morgan fingerprint density at radius 2 is 2.17 bits per heavy atom. The summed E-state index contributed by atoms with van der Waals surface area (Å²) in [5.74, 6) is -1.78. The Kier molecular flexibility index (Phi) is 4.87. The lowest BCUT2D eigenvalue weighted by Gasteiger charge is -2.10. The number of hydrogen-bond donors (Lipinski definition) is 1. The summed E-state index contributed by atoms with van der Waals surface area (Å²) in [5.41, 5.74) is 0. The van der Waals surface area contributed by atoms with Crippen molar-refractivity contribution in [2.45, 2.75) is 19.4 Å². The predicted octanol–water partition coefficient (Wildman–Crippen LogP) is -0.932. The Labute approximate surface area is 69.3 Å². The number of carbonyl (C=O) groups excluding carboxylic acids is 3. The molecule has 0 aromatic heterocycles. The fourth-order valence-electron chi connectivity index (χ4n) is 0.502. The van der Waals surface area contributed by atoms with Gasteiger partial charge in [0.15, 0.2) is 0 Å². The van der Waals surface area contributed by atoms with Crippen LogP contribution in [0.3, 0.4) is 0 Å². The lowest BCUT2D eigenvalue weighted by atomic mass is 10.3. The largest absolute Gasteiger partial charge is 0.454 e. The topological polar surface area (TPSA) is 80.7 Å². The van der Waals surface area contributed by atoms with Crippen LogP contribution in [0.15, 0.2) is 0 Å².